The zero-order valence-electron chi connectivity index (χ0n) is 12.6. The topological polar surface area (TPSA) is 26.0 Å². The van der Waals surface area contributed by atoms with Crippen LogP contribution in [0.25, 0.3) is 10.8 Å². The zero-order chi connectivity index (χ0) is 14.9. The highest BCUT2D eigenvalue weighted by Gasteiger charge is 2.23. The molecule has 1 atom stereocenters. The maximum Gasteiger partial charge on any atom is 0.0637 e. The summed E-state index contributed by atoms with van der Waals surface area (Å²) in [5, 5.41) is 2.48. The maximum atomic E-state index is 6.64. The van der Waals surface area contributed by atoms with Gasteiger partial charge in [-0.3, -0.25) is 0 Å². The summed E-state index contributed by atoms with van der Waals surface area (Å²) < 4.78 is 0. The first kappa shape index (κ1) is 13.8. The average Bonchev–Trinajstić information content (AvgIpc) is 2.54. The third kappa shape index (κ3) is 2.57. The van der Waals surface area contributed by atoms with Gasteiger partial charge < -0.3 is 5.73 Å². The molecule has 106 valence electrons. The molecule has 0 amide bonds. The van der Waals surface area contributed by atoms with Crippen molar-refractivity contribution in [3.8, 4) is 0 Å². The minimum Gasteiger partial charge on any atom is -0.318 e. The monoisotopic (exact) mass is 275 g/mol. The molecule has 1 unspecified atom stereocenters. The van der Waals surface area contributed by atoms with Gasteiger partial charge in [0.1, 0.15) is 0 Å². The molecule has 0 aromatic heterocycles. The minimum absolute atomic E-state index is 0.476. The van der Waals surface area contributed by atoms with Crippen LogP contribution < -0.4 is 5.73 Å². The van der Waals surface area contributed by atoms with Crippen LogP contribution in [0.2, 0.25) is 0 Å². The smallest absolute Gasteiger partial charge is 0.0637 e. The second-order valence-corrected chi connectivity index (χ2v) is 5.81. The van der Waals surface area contributed by atoms with Crippen molar-refractivity contribution in [1.82, 2.24) is 0 Å². The van der Waals surface area contributed by atoms with Crippen molar-refractivity contribution in [1.29, 1.82) is 0 Å². The number of aryl methyl sites for hydroxylation is 1. The lowest BCUT2D eigenvalue weighted by molar-refractivity contribution is 0.603. The molecule has 0 aliphatic rings. The number of nitrogens with two attached hydrogens (primary N) is 1. The van der Waals surface area contributed by atoms with E-state index in [0.717, 1.165) is 17.5 Å². The van der Waals surface area contributed by atoms with Crippen molar-refractivity contribution in [3.05, 3.63) is 83.4 Å². The van der Waals surface area contributed by atoms with Gasteiger partial charge in [0, 0.05) is 0 Å². The third-order valence-electron chi connectivity index (χ3n) is 4.31. The molecule has 1 heteroatoms. The summed E-state index contributed by atoms with van der Waals surface area (Å²) >= 11 is 0. The van der Waals surface area contributed by atoms with E-state index in [-0.39, 0.29) is 0 Å². The highest BCUT2D eigenvalue weighted by atomic mass is 14.7. The second-order valence-electron chi connectivity index (χ2n) is 5.81. The molecule has 1 nitrogen and oxygen atoms in total. The Bertz CT molecular complexity index is 754. The Labute approximate surface area is 126 Å². The summed E-state index contributed by atoms with van der Waals surface area (Å²) in [6, 6.07) is 23.5. The van der Waals surface area contributed by atoms with Gasteiger partial charge in [-0.05, 0) is 46.9 Å². The zero-order valence-corrected chi connectivity index (χ0v) is 12.6. The van der Waals surface area contributed by atoms with Crippen LogP contribution in [0.1, 0.15) is 30.5 Å². The van der Waals surface area contributed by atoms with Gasteiger partial charge in [0.2, 0.25) is 0 Å². The summed E-state index contributed by atoms with van der Waals surface area (Å²) in [5.74, 6) is 0. The fraction of sp³-hybridized carbons (Fsp3) is 0.200. The fourth-order valence-electron chi connectivity index (χ4n) is 2.77. The van der Waals surface area contributed by atoms with Crippen LogP contribution >= 0.6 is 0 Å². The highest BCUT2D eigenvalue weighted by molar-refractivity contribution is 5.83. The van der Waals surface area contributed by atoms with Crippen LogP contribution in [-0.4, -0.2) is 0 Å². The largest absolute Gasteiger partial charge is 0.318 e. The third-order valence-corrected chi connectivity index (χ3v) is 4.31. The lowest BCUT2D eigenvalue weighted by atomic mass is 9.84. The van der Waals surface area contributed by atoms with Crippen molar-refractivity contribution in [2.75, 3.05) is 0 Å². The molecule has 0 radical (unpaired) electrons. The van der Waals surface area contributed by atoms with E-state index in [1.165, 1.54) is 16.3 Å². The summed E-state index contributed by atoms with van der Waals surface area (Å²) in [7, 11) is 0. The van der Waals surface area contributed by atoms with Gasteiger partial charge in [-0.25, -0.2) is 0 Å². The van der Waals surface area contributed by atoms with Gasteiger partial charge in [0.05, 0.1) is 5.54 Å². The van der Waals surface area contributed by atoms with Crippen LogP contribution in [0.15, 0.2) is 66.7 Å². The molecule has 0 saturated heterocycles. The van der Waals surface area contributed by atoms with Crippen LogP contribution in [0.5, 0.6) is 0 Å². The van der Waals surface area contributed by atoms with Crippen molar-refractivity contribution in [2.24, 2.45) is 5.73 Å². The van der Waals surface area contributed by atoms with Crippen molar-refractivity contribution in [2.45, 2.75) is 25.8 Å². The molecule has 0 aliphatic heterocycles. The van der Waals surface area contributed by atoms with Crippen molar-refractivity contribution >= 4 is 10.8 Å². The van der Waals surface area contributed by atoms with Crippen LogP contribution in [0.3, 0.4) is 0 Å². The lowest BCUT2D eigenvalue weighted by Gasteiger charge is -2.26. The van der Waals surface area contributed by atoms with Crippen LogP contribution in [0.4, 0.5) is 0 Å². The summed E-state index contributed by atoms with van der Waals surface area (Å²) in [5.41, 5.74) is 9.80. The van der Waals surface area contributed by atoms with Crippen molar-refractivity contribution in [3.63, 3.8) is 0 Å². The first-order valence-electron chi connectivity index (χ1n) is 7.49. The van der Waals surface area contributed by atoms with Crippen LogP contribution in [0, 0.1) is 0 Å². The molecular weight excluding hydrogens is 254 g/mol. The van der Waals surface area contributed by atoms with E-state index in [2.05, 4.69) is 80.6 Å². The number of hydrogen-bond acceptors (Lipinski definition) is 1. The van der Waals surface area contributed by atoms with Gasteiger partial charge in [-0.2, -0.15) is 0 Å². The van der Waals surface area contributed by atoms with E-state index in [9.17, 15) is 0 Å². The maximum absolute atomic E-state index is 6.64. The van der Waals surface area contributed by atoms with E-state index in [0.29, 0.717) is 0 Å². The Kier molecular flexibility index (Phi) is 3.52. The Morgan fingerprint density at radius 1 is 0.810 bits per heavy atom. The molecule has 3 aromatic rings. The number of fused-ring (bicyclic) bond motifs is 1. The quantitative estimate of drug-likeness (QED) is 0.741. The molecule has 21 heavy (non-hydrogen) atoms. The molecule has 3 aromatic carbocycles. The molecular formula is C20H21N. The van der Waals surface area contributed by atoms with E-state index in [1.54, 1.807) is 0 Å². The molecule has 0 saturated carbocycles. The SMILES string of the molecule is CCc1ccc(C(C)(N)c2ccc3ccccc3c2)cc1. The fourth-order valence-corrected chi connectivity index (χ4v) is 2.77. The molecule has 0 heterocycles. The standard InChI is InChI=1S/C20H21N/c1-3-15-8-11-18(12-9-15)20(2,21)19-13-10-16-6-4-5-7-17(16)14-19/h4-14H,3,21H2,1-2H3. The summed E-state index contributed by atoms with van der Waals surface area (Å²) in [6.45, 7) is 4.25. The number of hydrogen-bond donors (Lipinski definition) is 1. The average molecular weight is 275 g/mol. The van der Waals surface area contributed by atoms with Crippen LogP contribution in [-0.2, 0) is 12.0 Å². The molecule has 3 rings (SSSR count). The lowest BCUT2D eigenvalue weighted by Crippen LogP contribution is -2.34. The number of rotatable bonds is 3. The van der Waals surface area contributed by atoms with E-state index < -0.39 is 5.54 Å². The summed E-state index contributed by atoms with van der Waals surface area (Å²) in [4.78, 5) is 0. The Hall–Kier alpha value is -2.12. The number of benzene rings is 3. The van der Waals surface area contributed by atoms with Gasteiger partial charge in [0.15, 0.2) is 0 Å². The van der Waals surface area contributed by atoms with E-state index in [4.69, 9.17) is 5.73 Å². The first-order valence-corrected chi connectivity index (χ1v) is 7.49. The molecule has 0 bridgehead atoms. The molecule has 0 fully saturated rings. The Morgan fingerprint density at radius 3 is 2.10 bits per heavy atom. The minimum atomic E-state index is -0.476. The van der Waals surface area contributed by atoms with Gasteiger partial charge in [0.25, 0.3) is 0 Å². The predicted molar refractivity (Wildman–Crippen MR) is 90.4 cm³/mol. The van der Waals surface area contributed by atoms with Gasteiger partial charge >= 0.3 is 0 Å². The van der Waals surface area contributed by atoms with E-state index >= 15 is 0 Å². The molecule has 0 aliphatic carbocycles. The highest BCUT2D eigenvalue weighted by Crippen LogP contribution is 2.29. The Morgan fingerprint density at radius 2 is 1.43 bits per heavy atom. The Balaban J connectivity index is 2.05. The molecule has 2 N–H and O–H groups in total. The van der Waals surface area contributed by atoms with E-state index in [1.807, 2.05) is 0 Å². The molecule has 0 spiro atoms. The predicted octanol–water partition coefficient (Wildman–Crippen LogP) is 4.62. The van der Waals surface area contributed by atoms with Gasteiger partial charge in [-0.1, -0.05) is 67.6 Å². The normalized spacial score (nSPS) is 14.0. The van der Waals surface area contributed by atoms with Crippen molar-refractivity contribution < 1.29 is 0 Å². The summed E-state index contributed by atoms with van der Waals surface area (Å²) in [6.07, 6.45) is 1.05. The van der Waals surface area contributed by atoms with Gasteiger partial charge in [-0.15, -0.1) is 0 Å². The second kappa shape index (κ2) is 5.34. The first-order chi connectivity index (χ1) is 10.1.